The molecule has 0 saturated carbocycles. The summed E-state index contributed by atoms with van der Waals surface area (Å²) in [6.07, 6.45) is 0.0166. The fourth-order valence-electron chi connectivity index (χ4n) is 3.21. The van der Waals surface area contributed by atoms with Crippen molar-refractivity contribution >= 4 is 40.7 Å². The predicted molar refractivity (Wildman–Crippen MR) is 119 cm³/mol. The fourth-order valence-corrected chi connectivity index (χ4v) is 3.54. The summed E-state index contributed by atoms with van der Waals surface area (Å²) in [5.74, 6) is -1.78. The van der Waals surface area contributed by atoms with Gasteiger partial charge in [0.25, 0.3) is 5.91 Å². The zero-order valence-corrected chi connectivity index (χ0v) is 18.0. The standard InChI is InChI=1S/C22H23FN4O4S/c23-16-8-10-17(11-9-16)24-20(30)13-18-21(31)26(14-15-5-2-1-3-6-15)22(32)27(18)25-19(29)7-4-12-28/h1-3,5-6,8-11,18,28H,4,7,12-14H2,(H,24,30)(H,25,29). The Bertz CT molecular complexity index is 987. The van der Waals surface area contributed by atoms with E-state index in [-0.39, 0.29) is 37.5 Å². The summed E-state index contributed by atoms with van der Waals surface area (Å²) in [5, 5.41) is 12.9. The number of hydrazine groups is 1. The van der Waals surface area contributed by atoms with Gasteiger partial charge in [0.2, 0.25) is 11.8 Å². The topological polar surface area (TPSA) is 102 Å². The van der Waals surface area contributed by atoms with E-state index in [9.17, 15) is 18.8 Å². The van der Waals surface area contributed by atoms with E-state index in [0.29, 0.717) is 5.69 Å². The molecule has 0 aromatic heterocycles. The number of anilines is 1. The van der Waals surface area contributed by atoms with Gasteiger partial charge in [-0.3, -0.25) is 24.7 Å². The van der Waals surface area contributed by atoms with Gasteiger partial charge in [-0.2, -0.15) is 0 Å². The van der Waals surface area contributed by atoms with E-state index in [1.807, 2.05) is 30.3 Å². The summed E-state index contributed by atoms with van der Waals surface area (Å²) < 4.78 is 13.1. The third-order valence-corrected chi connectivity index (χ3v) is 5.21. The van der Waals surface area contributed by atoms with E-state index in [2.05, 4.69) is 10.7 Å². The van der Waals surface area contributed by atoms with Crippen molar-refractivity contribution in [2.24, 2.45) is 0 Å². The molecule has 1 fully saturated rings. The first-order valence-electron chi connectivity index (χ1n) is 10.0. The average molecular weight is 459 g/mol. The number of rotatable bonds is 9. The molecule has 1 unspecified atom stereocenters. The molecule has 3 N–H and O–H groups in total. The minimum absolute atomic E-state index is 0.0387. The molecule has 3 amide bonds. The van der Waals surface area contributed by atoms with Gasteiger partial charge in [-0.15, -0.1) is 0 Å². The van der Waals surface area contributed by atoms with Crippen molar-refractivity contribution in [2.45, 2.75) is 31.8 Å². The van der Waals surface area contributed by atoms with Gasteiger partial charge < -0.3 is 10.4 Å². The van der Waals surface area contributed by atoms with Crippen LogP contribution in [0.15, 0.2) is 54.6 Å². The van der Waals surface area contributed by atoms with Crippen LogP contribution in [0.5, 0.6) is 0 Å². The Morgan fingerprint density at radius 2 is 1.75 bits per heavy atom. The molecule has 1 aliphatic rings. The van der Waals surface area contributed by atoms with Gasteiger partial charge in [-0.05, 0) is 48.5 Å². The third-order valence-electron chi connectivity index (χ3n) is 4.80. The number of nitrogens with zero attached hydrogens (tertiary/aromatic N) is 2. The van der Waals surface area contributed by atoms with E-state index in [1.54, 1.807) is 0 Å². The van der Waals surface area contributed by atoms with Gasteiger partial charge in [0.05, 0.1) is 13.0 Å². The van der Waals surface area contributed by atoms with Gasteiger partial charge in [-0.1, -0.05) is 30.3 Å². The zero-order chi connectivity index (χ0) is 23.1. The Balaban J connectivity index is 1.76. The molecule has 1 aliphatic heterocycles. The van der Waals surface area contributed by atoms with Crippen LogP contribution in [0.3, 0.4) is 0 Å². The number of halogens is 1. The molecule has 1 saturated heterocycles. The van der Waals surface area contributed by atoms with E-state index in [4.69, 9.17) is 17.3 Å². The zero-order valence-electron chi connectivity index (χ0n) is 17.2. The lowest BCUT2D eigenvalue weighted by Gasteiger charge is -2.24. The molecule has 1 atom stereocenters. The second-order valence-corrected chi connectivity index (χ2v) is 7.56. The first-order valence-corrected chi connectivity index (χ1v) is 10.4. The number of carbonyl (C=O) groups is 3. The first kappa shape index (κ1) is 23.3. The van der Waals surface area contributed by atoms with Gasteiger partial charge in [-0.25, -0.2) is 9.40 Å². The van der Waals surface area contributed by atoms with E-state index in [1.165, 1.54) is 34.2 Å². The van der Waals surface area contributed by atoms with Crippen molar-refractivity contribution in [1.82, 2.24) is 15.3 Å². The molecule has 0 aliphatic carbocycles. The Labute approximate surface area is 190 Å². The van der Waals surface area contributed by atoms with Crippen LogP contribution in [0.4, 0.5) is 10.1 Å². The van der Waals surface area contributed by atoms with Crippen molar-refractivity contribution in [3.05, 3.63) is 66.0 Å². The van der Waals surface area contributed by atoms with E-state index < -0.39 is 29.6 Å². The number of thiocarbonyl (C=S) groups is 1. The summed E-state index contributed by atoms with van der Waals surface area (Å²) in [4.78, 5) is 39.3. The SMILES string of the molecule is O=C(CC1C(=O)N(Cc2ccccc2)C(=S)N1NC(=O)CCCO)Nc1ccc(F)cc1. The minimum atomic E-state index is -1.04. The van der Waals surface area contributed by atoms with Gasteiger partial charge in [0.1, 0.15) is 11.9 Å². The highest BCUT2D eigenvalue weighted by molar-refractivity contribution is 7.80. The number of hydrogen-bond acceptors (Lipinski definition) is 5. The van der Waals surface area contributed by atoms with Crippen molar-refractivity contribution < 1.29 is 23.9 Å². The summed E-state index contributed by atoms with van der Waals surface area (Å²) in [6.45, 7) is 0.0397. The second kappa shape index (κ2) is 10.8. The Kier molecular flexibility index (Phi) is 7.85. The summed E-state index contributed by atoms with van der Waals surface area (Å²) in [5.41, 5.74) is 3.80. The van der Waals surface area contributed by atoms with Crippen molar-refractivity contribution in [1.29, 1.82) is 0 Å². The molecule has 2 aromatic carbocycles. The quantitative estimate of drug-likeness (QED) is 0.497. The Hall–Kier alpha value is -3.37. The highest BCUT2D eigenvalue weighted by Gasteiger charge is 2.44. The number of carbonyl (C=O) groups excluding carboxylic acids is 3. The number of hydrogen-bond donors (Lipinski definition) is 3. The predicted octanol–water partition coefficient (Wildman–Crippen LogP) is 1.96. The van der Waals surface area contributed by atoms with Crippen LogP contribution in [0.1, 0.15) is 24.8 Å². The summed E-state index contributed by atoms with van der Waals surface area (Å²) in [7, 11) is 0. The largest absolute Gasteiger partial charge is 0.396 e. The normalized spacial score (nSPS) is 15.8. The molecule has 2 aromatic rings. The minimum Gasteiger partial charge on any atom is -0.396 e. The van der Waals surface area contributed by atoms with Crippen LogP contribution in [0.2, 0.25) is 0 Å². The van der Waals surface area contributed by atoms with Crippen LogP contribution in [-0.4, -0.2) is 50.5 Å². The molecule has 10 heteroatoms. The highest BCUT2D eigenvalue weighted by Crippen LogP contribution is 2.22. The van der Waals surface area contributed by atoms with E-state index in [0.717, 1.165) is 5.56 Å². The molecule has 0 radical (unpaired) electrons. The van der Waals surface area contributed by atoms with Crippen LogP contribution in [0, 0.1) is 5.82 Å². The van der Waals surface area contributed by atoms with Crippen LogP contribution < -0.4 is 10.7 Å². The first-order chi connectivity index (χ1) is 15.4. The average Bonchev–Trinajstić information content (AvgIpc) is 2.99. The smallest absolute Gasteiger partial charge is 0.254 e. The number of nitrogens with one attached hydrogen (secondary N) is 2. The molecular weight excluding hydrogens is 435 g/mol. The molecule has 32 heavy (non-hydrogen) atoms. The lowest BCUT2D eigenvalue weighted by atomic mass is 10.1. The second-order valence-electron chi connectivity index (χ2n) is 7.20. The van der Waals surface area contributed by atoms with Gasteiger partial charge in [0.15, 0.2) is 5.11 Å². The molecule has 0 bridgehead atoms. The highest BCUT2D eigenvalue weighted by atomic mass is 32.1. The van der Waals surface area contributed by atoms with Crippen LogP contribution >= 0.6 is 12.2 Å². The molecule has 8 nitrogen and oxygen atoms in total. The maximum Gasteiger partial charge on any atom is 0.254 e. The summed E-state index contributed by atoms with van der Waals surface area (Å²) in [6, 6.07) is 13.4. The number of benzene rings is 2. The molecule has 0 spiro atoms. The van der Waals surface area contributed by atoms with Crippen molar-refractivity contribution in [2.75, 3.05) is 11.9 Å². The summed E-state index contributed by atoms with van der Waals surface area (Å²) >= 11 is 5.44. The number of aliphatic hydroxyl groups excluding tert-OH is 1. The lowest BCUT2D eigenvalue weighted by Crippen LogP contribution is -2.49. The number of aliphatic hydroxyl groups is 1. The van der Waals surface area contributed by atoms with Gasteiger partial charge in [0, 0.05) is 18.7 Å². The maximum atomic E-state index is 13.1. The van der Waals surface area contributed by atoms with Gasteiger partial charge >= 0.3 is 0 Å². The van der Waals surface area contributed by atoms with Crippen molar-refractivity contribution in [3.63, 3.8) is 0 Å². The molecular formula is C22H23FN4O4S. The van der Waals surface area contributed by atoms with Crippen molar-refractivity contribution in [3.8, 4) is 0 Å². The lowest BCUT2D eigenvalue weighted by molar-refractivity contribution is -0.133. The maximum absolute atomic E-state index is 13.1. The Morgan fingerprint density at radius 1 is 1.06 bits per heavy atom. The van der Waals surface area contributed by atoms with Crippen LogP contribution in [0.25, 0.3) is 0 Å². The van der Waals surface area contributed by atoms with E-state index >= 15 is 0 Å². The third kappa shape index (κ3) is 5.86. The number of amides is 3. The molecule has 3 rings (SSSR count). The molecule has 168 valence electrons. The Morgan fingerprint density at radius 3 is 2.41 bits per heavy atom. The van der Waals surface area contributed by atoms with Crippen LogP contribution in [-0.2, 0) is 20.9 Å². The monoisotopic (exact) mass is 458 g/mol. The molecule has 1 heterocycles. The fraction of sp³-hybridized carbons (Fsp3) is 0.273.